The fraction of sp³-hybridized carbons (Fsp3) is 0.688. The molecule has 4 nitrogen and oxygen atoms in total. The zero-order valence-corrected chi connectivity index (χ0v) is 14.3. The minimum atomic E-state index is 0.0184. The van der Waals surface area contributed by atoms with Crippen LogP contribution in [0.15, 0.2) is 21.2 Å². The van der Waals surface area contributed by atoms with Gasteiger partial charge in [-0.25, -0.2) is 0 Å². The van der Waals surface area contributed by atoms with Gasteiger partial charge < -0.3 is 9.32 Å². The molecule has 0 aromatic carbocycles. The first kappa shape index (κ1) is 15.1. The smallest absolute Gasteiger partial charge is 0.289 e. The largest absolute Gasteiger partial charge is 0.444 e. The minimum absolute atomic E-state index is 0.0184. The van der Waals surface area contributed by atoms with Gasteiger partial charge in [0.2, 0.25) is 0 Å². The first-order valence-electron chi connectivity index (χ1n) is 7.88. The number of furan rings is 1. The van der Waals surface area contributed by atoms with Crippen molar-refractivity contribution in [1.82, 2.24) is 9.80 Å². The number of piperidine rings is 1. The Bertz CT molecular complexity index is 506. The van der Waals surface area contributed by atoms with Gasteiger partial charge in [0.25, 0.3) is 5.91 Å². The molecule has 1 amide bonds. The Hall–Kier alpha value is -0.810. The highest BCUT2D eigenvalue weighted by Crippen LogP contribution is 2.30. The van der Waals surface area contributed by atoms with Crippen molar-refractivity contribution in [2.45, 2.75) is 57.7 Å². The molecule has 1 aromatic heterocycles. The van der Waals surface area contributed by atoms with E-state index in [2.05, 4.69) is 34.7 Å². The van der Waals surface area contributed by atoms with Crippen LogP contribution in [-0.2, 0) is 0 Å². The van der Waals surface area contributed by atoms with Gasteiger partial charge in [-0.05, 0) is 67.6 Å². The number of rotatable bonds is 2. The summed E-state index contributed by atoms with van der Waals surface area (Å²) in [4.78, 5) is 17.1. The monoisotopic (exact) mass is 354 g/mol. The fourth-order valence-corrected chi connectivity index (χ4v) is 4.21. The summed E-state index contributed by atoms with van der Waals surface area (Å²) in [7, 11) is 0. The number of carbonyl (C=O) groups excluding carboxylic acids is 1. The summed E-state index contributed by atoms with van der Waals surface area (Å²) in [6.45, 7) is 6.29. The van der Waals surface area contributed by atoms with Crippen molar-refractivity contribution in [2.24, 2.45) is 0 Å². The number of nitrogens with zero attached hydrogens (tertiary/aromatic N) is 2. The highest BCUT2D eigenvalue weighted by molar-refractivity contribution is 9.10. The van der Waals surface area contributed by atoms with E-state index in [1.165, 1.54) is 19.3 Å². The Balaban J connectivity index is 1.69. The van der Waals surface area contributed by atoms with Gasteiger partial charge in [-0.3, -0.25) is 9.69 Å². The van der Waals surface area contributed by atoms with E-state index in [4.69, 9.17) is 4.42 Å². The molecular weight excluding hydrogens is 332 g/mol. The summed E-state index contributed by atoms with van der Waals surface area (Å²) < 4.78 is 6.03. The van der Waals surface area contributed by atoms with Crippen molar-refractivity contribution in [3.8, 4) is 0 Å². The Morgan fingerprint density at radius 1 is 1.24 bits per heavy atom. The first-order valence-corrected chi connectivity index (χ1v) is 8.67. The molecule has 0 spiro atoms. The normalized spacial score (nSPS) is 30.8. The molecule has 0 radical (unpaired) electrons. The maximum atomic E-state index is 12.5. The van der Waals surface area contributed by atoms with Crippen molar-refractivity contribution < 1.29 is 9.21 Å². The average Bonchev–Trinajstić information content (AvgIpc) is 3.04. The van der Waals surface area contributed by atoms with Gasteiger partial charge in [-0.2, -0.15) is 0 Å². The highest BCUT2D eigenvalue weighted by atomic mass is 79.9. The molecule has 3 atom stereocenters. The molecule has 0 saturated carbocycles. The van der Waals surface area contributed by atoms with Gasteiger partial charge in [-0.15, -0.1) is 0 Å². The van der Waals surface area contributed by atoms with Gasteiger partial charge in [-0.1, -0.05) is 0 Å². The van der Waals surface area contributed by atoms with Crippen molar-refractivity contribution in [3.63, 3.8) is 0 Å². The molecule has 2 aliphatic heterocycles. The number of likely N-dealkylation sites (tertiary alicyclic amines) is 2. The standard InChI is InChI=1S/C16H23BrN2O2/c1-11-5-6-12(2)19(11)13-4-3-9-18(10-13)16(20)14-7-8-15(17)21-14/h7-8,11-13H,3-6,9-10H2,1-2H3/t11-,12-,13-/m1/s1. The van der Waals surface area contributed by atoms with E-state index in [9.17, 15) is 4.79 Å². The predicted octanol–water partition coefficient (Wildman–Crippen LogP) is 3.52. The first-order chi connectivity index (χ1) is 10.1. The number of amides is 1. The summed E-state index contributed by atoms with van der Waals surface area (Å²) >= 11 is 3.26. The summed E-state index contributed by atoms with van der Waals surface area (Å²) in [5.74, 6) is 0.454. The van der Waals surface area contributed by atoms with Crippen LogP contribution in [0.5, 0.6) is 0 Å². The summed E-state index contributed by atoms with van der Waals surface area (Å²) in [5.41, 5.74) is 0. The predicted molar refractivity (Wildman–Crippen MR) is 85.3 cm³/mol. The molecule has 1 aromatic rings. The van der Waals surface area contributed by atoms with Crippen LogP contribution in [0.3, 0.4) is 0 Å². The third-order valence-corrected chi connectivity index (χ3v) is 5.34. The fourth-order valence-electron chi connectivity index (χ4n) is 3.90. The van der Waals surface area contributed by atoms with E-state index in [1.54, 1.807) is 12.1 Å². The van der Waals surface area contributed by atoms with Crippen molar-refractivity contribution in [1.29, 1.82) is 0 Å². The molecule has 2 fully saturated rings. The Morgan fingerprint density at radius 2 is 1.95 bits per heavy atom. The van der Waals surface area contributed by atoms with E-state index < -0.39 is 0 Å². The molecule has 2 saturated heterocycles. The van der Waals surface area contributed by atoms with Crippen molar-refractivity contribution in [3.05, 3.63) is 22.6 Å². The van der Waals surface area contributed by atoms with Crippen LogP contribution < -0.4 is 0 Å². The third kappa shape index (κ3) is 3.04. The molecule has 3 heterocycles. The van der Waals surface area contributed by atoms with Crippen molar-refractivity contribution in [2.75, 3.05) is 13.1 Å². The van der Waals surface area contributed by atoms with Gasteiger partial charge in [0.15, 0.2) is 10.4 Å². The molecular formula is C16H23BrN2O2. The molecule has 0 bridgehead atoms. The molecule has 2 aliphatic rings. The zero-order valence-electron chi connectivity index (χ0n) is 12.7. The maximum Gasteiger partial charge on any atom is 0.289 e. The molecule has 5 heteroatoms. The topological polar surface area (TPSA) is 36.7 Å². The number of carbonyl (C=O) groups is 1. The van der Waals surface area contributed by atoms with Gasteiger partial charge >= 0.3 is 0 Å². The molecule has 21 heavy (non-hydrogen) atoms. The summed E-state index contributed by atoms with van der Waals surface area (Å²) in [5, 5.41) is 0. The number of halogens is 1. The lowest BCUT2D eigenvalue weighted by Gasteiger charge is -2.41. The molecule has 3 rings (SSSR count). The molecule has 0 unspecified atom stereocenters. The second-order valence-corrected chi connectivity index (χ2v) is 7.16. The Labute approximate surface area is 134 Å². The van der Waals surface area contributed by atoms with E-state index in [-0.39, 0.29) is 5.91 Å². The molecule has 0 aliphatic carbocycles. The quantitative estimate of drug-likeness (QED) is 0.815. The lowest BCUT2D eigenvalue weighted by Crippen LogP contribution is -2.52. The highest BCUT2D eigenvalue weighted by Gasteiger charge is 2.36. The second-order valence-electron chi connectivity index (χ2n) is 6.37. The van der Waals surface area contributed by atoms with Crippen LogP contribution in [0.25, 0.3) is 0 Å². The van der Waals surface area contributed by atoms with Crippen molar-refractivity contribution >= 4 is 21.8 Å². The Kier molecular flexibility index (Phi) is 4.41. The van der Waals surface area contributed by atoms with E-state index >= 15 is 0 Å². The summed E-state index contributed by atoms with van der Waals surface area (Å²) in [6, 6.07) is 5.29. The van der Waals surface area contributed by atoms with E-state index in [0.717, 1.165) is 19.5 Å². The lowest BCUT2D eigenvalue weighted by atomic mass is 10.0. The SMILES string of the molecule is C[C@@H]1CC[C@@H](C)N1[C@@H]1CCCN(C(=O)c2ccc(Br)o2)C1. The van der Waals surface area contributed by atoms with Crippen LogP contribution >= 0.6 is 15.9 Å². The van der Waals surface area contributed by atoms with Crippen LogP contribution in [0, 0.1) is 0 Å². The number of hydrogen-bond donors (Lipinski definition) is 0. The average molecular weight is 355 g/mol. The van der Waals surface area contributed by atoms with Gasteiger partial charge in [0, 0.05) is 31.2 Å². The molecule has 116 valence electrons. The Morgan fingerprint density at radius 3 is 2.57 bits per heavy atom. The van der Waals surface area contributed by atoms with Gasteiger partial charge in [0.1, 0.15) is 0 Å². The third-order valence-electron chi connectivity index (χ3n) is 4.91. The van der Waals surface area contributed by atoms with E-state index in [0.29, 0.717) is 28.6 Å². The van der Waals surface area contributed by atoms with Gasteiger partial charge in [0.05, 0.1) is 0 Å². The zero-order chi connectivity index (χ0) is 15.0. The second kappa shape index (κ2) is 6.13. The van der Waals surface area contributed by atoms with Crippen LogP contribution in [0.4, 0.5) is 0 Å². The minimum Gasteiger partial charge on any atom is -0.444 e. The number of hydrogen-bond acceptors (Lipinski definition) is 3. The van der Waals surface area contributed by atoms with Crippen LogP contribution in [0.1, 0.15) is 50.1 Å². The van der Waals surface area contributed by atoms with Crippen LogP contribution in [-0.4, -0.2) is 46.9 Å². The van der Waals surface area contributed by atoms with Crippen LogP contribution in [0.2, 0.25) is 0 Å². The maximum absolute atomic E-state index is 12.5. The molecule has 0 N–H and O–H groups in total. The van der Waals surface area contributed by atoms with E-state index in [1.807, 2.05) is 4.90 Å². The summed E-state index contributed by atoms with van der Waals surface area (Å²) in [6.07, 6.45) is 4.82. The lowest BCUT2D eigenvalue weighted by molar-refractivity contribution is 0.0462.